The monoisotopic (exact) mass is 188 g/mol. The lowest BCUT2D eigenvalue weighted by Crippen LogP contribution is -2.10. The van der Waals surface area contributed by atoms with Gasteiger partial charge in [-0.2, -0.15) is 0 Å². The molecule has 0 N–H and O–H groups in total. The van der Waals surface area contributed by atoms with E-state index in [4.69, 9.17) is 0 Å². The van der Waals surface area contributed by atoms with Crippen molar-refractivity contribution in [3.8, 4) is 0 Å². The zero-order chi connectivity index (χ0) is 10.6. The Labute approximate surface area is 85.5 Å². The Bertz CT molecular complexity index is 342. The van der Waals surface area contributed by atoms with Crippen LogP contribution in [0.25, 0.3) is 6.08 Å². The molecule has 1 aromatic carbocycles. The van der Waals surface area contributed by atoms with Gasteiger partial charge in [-0.05, 0) is 22.6 Å². The largest absolute Gasteiger partial charge is 0.299 e. The van der Waals surface area contributed by atoms with Gasteiger partial charge in [0, 0.05) is 0 Å². The van der Waals surface area contributed by atoms with Gasteiger partial charge in [0.1, 0.15) is 6.29 Å². The van der Waals surface area contributed by atoms with Gasteiger partial charge in [-0.15, -0.1) is 0 Å². The zero-order valence-electron chi connectivity index (χ0n) is 8.95. The van der Waals surface area contributed by atoms with Crippen molar-refractivity contribution in [2.24, 2.45) is 0 Å². The van der Waals surface area contributed by atoms with Crippen LogP contribution >= 0.6 is 0 Å². The van der Waals surface area contributed by atoms with Crippen molar-refractivity contribution >= 4 is 12.4 Å². The molecule has 0 spiro atoms. The van der Waals surface area contributed by atoms with Gasteiger partial charge >= 0.3 is 0 Å². The Morgan fingerprint density at radius 3 is 2.50 bits per heavy atom. The van der Waals surface area contributed by atoms with E-state index in [1.807, 2.05) is 18.2 Å². The highest BCUT2D eigenvalue weighted by molar-refractivity contribution is 5.73. The first-order valence-corrected chi connectivity index (χ1v) is 4.76. The molecule has 1 rings (SSSR count). The maximum Gasteiger partial charge on any atom is 0.142 e. The highest BCUT2D eigenvalue weighted by atomic mass is 16.1. The Kier molecular flexibility index (Phi) is 3.23. The highest BCUT2D eigenvalue weighted by Crippen LogP contribution is 2.22. The van der Waals surface area contributed by atoms with Crippen LogP contribution < -0.4 is 0 Å². The number of aldehydes is 1. The molecule has 0 fully saturated rings. The maximum atomic E-state index is 10.2. The molecule has 0 aliphatic rings. The first kappa shape index (κ1) is 10.7. The fourth-order valence-electron chi connectivity index (χ4n) is 1.26. The van der Waals surface area contributed by atoms with Crippen LogP contribution in [0.3, 0.4) is 0 Å². The van der Waals surface area contributed by atoms with Crippen LogP contribution in [-0.4, -0.2) is 6.29 Å². The number of rotatable bonds is 2. The Hall–Kier alpha value is -1.37. The summed E-state index contributed by atoms with van der Waals surface area (Å²) >= 11 is 0. The van der Waals surface area contributed by atoms with Crippen molar-refractivity contribution in [1.29, 1.82) is 0 Å². The molecule has 0 amide bonds. The summed E-state index contributed by atoms with van der Waals surface area (Å²) in [5, 5.41) is 0. The summed E-state index contributed by atoms with van der Waals surface area (Å²) in [5.41, 5.74) is 2.51. The Morgan fingerprint density at radius 1 is 1.21 bits per heavy atom. The number of benzene rings is 1. The molecule has 0 atom stereocenters. The summed E-state index contributed by atoms with van der Waals surface area (Å²) in [6.45, 7) is 6.53. The predicted octanol–water partition coefficient (Wildman–Crippen LogP) is 3.20. The fourth-order valence-corrected chi connectivity index (χ4v) is 1.26. The second kappa shape index (κ2) is 4.23. The number of carbonyl (C=O) groups excluding carboxylic acids is 1. The van der Waals surface area contributed by atoms with Crippen LogP contribution in [0.15, 0.2) is 30.3 Å². The van der Waals surface area contributed by atoms with Gasteiger partial charge in [-0.1, -0.05) is 51.1 Å². The van der Waals surface area contributed by atoms with Gasteiger partial charge in [0.15, 0.2) is 0 Å². The molecule has 1 aromatic rings. The molecule has 0 saturated heterocycles. The van der Waals surface area contributed by atoms with E-state index in [9.17, 15) is 4.79 Å². The zero-order valence-corrected chi connectivity index (χ0v) is 8.95. The van der Waals surface area contributed by atoms with Gasteiger partial charge in [0.05, 0.1) is 0 Å². The summed E-state index contributed by atoms with van der Waals surface area (Å²) in [6, 6.07) is 8.23. The third-order valence-corrected chi connectivity index (χ3v) is 2.12. The lowest BCUT2D eigenvalue weighted by atomic mass is 9.86. The number of allylic oxidation sites excluding steroid dienone is 1. The summed E-state index contributed by atoms with van der Waals surface area (Å²) in [6.07, 6.45) is 4.13. The third-order valence-electron chi connectivity index (χ3n) is 2.12. The van der Waals surface area contributed by atoms with Gasteiger partial charge in [0.2, 0.25) is 0 Å². The molecule has 0 bridgehead atoms. The summed E-state index contributed by atoms with van der Waals surface area (Å²) in [4.78, 5) is 10.2. The summed E-state index contributed by atoms with van der Waals surface area (Å²) < 4.78 is 0. The van der Waals surface area contributed by atoms with Crippen LogP contribution in [0.2, 0.25) is 0 Å². The van der Waals surface area contributed by atoms with E-state index in [0.717, 1.165) is 11.8 Å². The predicted molar refractivity (Wildman–Crippen MR) is 60.2 cm³/mol. The van der Waals surface area contributed by atoms with Gasteiger partial charge in [-0.25, -0.2) is 0 Å². The second-order valence-corrected chi connectivity index (χ2v) is 4.37. The molecule has 1 heteroatoms. The van der Waals surface area contributed by atoms with E-state index in [-0.39, 0.29) is 5.41 Å². The quantitative estimate of drug-likeness (QED) is 0.514. The molecule has 0 aromatic heterocycles. The van der Waals surface area contributed by atoms with Crippen LogP contribution in [0.4, 0.5) is 0 Å². The minimum atomic E-state index is 0.158. The number of hydrogen-bond acceptors (Lipinski definition) is 1. The Balaban J connectivity index is 3.01. The molecular weight excluding hydrogens is 172 g/mol. The first-order valence-electron chi connectivity index (χ1n) is 4.76. The summed E-state index contributed by atoms with van der Waals surface area (Å²) in [7, 11) is 0. The van der Waals surface area contributed by atoms with E-state index in [1.165, 1.54) is 11.6 Å². The molecular formula is C13H16O. The standard InChI is InChI=1S/C13H16O/c1-13(2,3)12-8-4-6-11(10-12)7-5-9-14/h4-10H,1-3H3. The average molecular weight is 188 g/mol. The van der Waals surface area contributed by atoms with E-state index in [0.29, 0.717) is 0 Å². The van der Waals surface area contributed by atoms with Crippen molar-refractivity contribution in [2.75, 3.05) is 0 Å². The van der Waals surface area contributed by atoms with Crippen LogP contribution in [0.5, 0.6) is 0 Å². The van der Waals surface area contributed by atoms with Gasteiger partial charge < -0.3 is 0 Å². The van der Waals surface area contributed by atoms with Gasteiger partial charge in [0.25, 0.3) is 0 Å². The van der Waals surface area contributed by atoms with Crippen LogP contribution in [0.1, 0.15) is 31.9 Å². The highest BCUT2D eigenvalue weighted by Gasteiger charge is 2.12. The normalized spacial score (nSPS) is 11.9. The van der Waals surface area contributed by atoms with Crippen LogP contribution in [0, 0.1) is 0 Å². The van der Waals surface area contributed by atoms with E-state index < -0.39 is 0 Å². The lowest BCUT2D eigenvalue weighted by Gasteiger charge is -2.19. The molecule has 14 heavy (non-hydrogen) atoms. The van der Waals surface area contributed by atoms with Crippen molar-refractivity contribution in [2.45, 2.75) is 26.2 Å². The van der Waals surface area contributed by atoms with Crippen LogP contribution in [-0.2, 0) is 10.2 Å². The SMILES string of the molecule is CC(C)(C)c1cccc(C=CC=O)c1. The van der Waals surface area contributed by atoms with E-state index in [1.54, 1.807) is 0 Å². The van der Waals surface area contributed by atoms with E-state index in [2.05, 4.69) is 32.9 Å². The minimum absolute atomic E-state index is 0.158. The third kappa shape index (κ3) is 2.84. The second-order valence-electron chi connectivity index (χ2n) is 4.37. The maximum absolute atomic E-state index is 10.2. The molecule has 0 unspecified atom stereocenters. The molecule has 74 valence electrons. The van der Waals surface area contributed by atoms with Crippen molar-refractivity contribution in [1.82, 2.24) is 0 Å². The molecule has 0 aliphatic heterocycles. The van der Waals surface area contributed by atoms with Crippen molar-refractivity contribution < 1.29 is 4.79 Å². The minimum Gasteiger partial charge on any atom is -0.299 e. The van der Waals surface area contributed by atoms with Crippen molar-refractivity contribution in [3.05, 3.63) is 41.5 Å². The first-order chi connectivity index (χ1) is 6.54. The lowest BCUT2D eigenvalue weighted by molar-refractivity contribution is -0.104. The number of carbonyl (C=O) groups is 1. The molecule has 0 saturated carbocycles. The molecule has 0 radical (unpaired) electrons. The molecule has 0 aliphatic carbocycles. The summed E-state index contributed by atoms with van der Waals surface area (Å²) in [5.74, 6) is 0. The topological polar surface area (TPSA) is 17.1 Å². The molecule has 0 heterocycles. The fraction of sp³-hybridized carbons (Fsp3) is 0.308. The smallest absolute Gasteiger partial charge is 0.142 e. The molecule has 1 nitrogen and oxygen atoms in total. The Morgan fingerprint density at radius 2 is 1.93 bits per heavy atom. The van der Waals surface area contributed by atoms with Gasteiger partial charge in [-0.3, -0.25) is 4.79 Å². The van der Waals surface area contributed by atoms with E-state index >= 15 is 0 Å². The van der Waals surface area contributed by atoms with Crippen molar-refractivity contribution in [3.63, 3.8) is 0 Å². The number of hydrogen-bond donors (Lipinski definition) is 0. The average Bonchev–Trinajstić information content (AvgIpc) is 2.14.